The Morgan fingerprint density at radius 1 is 1.25 bits per heavy atom. The number of nitrogens with zero attached hydrogens (tertiary/aromatic N) is 1. The van der Waals surface area contributed by atoms with E-state index in [1.807, 2.05) is 30.3 Å². The Morgan fingerprint density at radius 3 is 2.68 bits per heavy atom. The van der Waals surface area contributed by atoms with Crippen LogP contribution in [0.2, 0.25) is 0 Å². The maximum Gasteiger partial charge on any atom is 0.341 e. The molecule has 1 aliphatic heterocycles. The molecule has 0 bridgehead atoms. The molecule has 140 valence electrons. The third-order valence-corrected chi connectivity index (χ3v) is 5.38. The maximum absolute atomic E-state index is 14.6. The number of aromatic nitrogens is 1. The zero-order valence-corrected chi connectivity index (χ0v) is 14.6. The van der Waals surface area contributed by atoms with E-state index in [9.17, 15) is 23.5 Å². The van der Waals surface area contributed by atoms with Gasteiger partial charge in [-0.3, -0.25) is 4.79 Å². The van der Waals surface area contributed by atoms with Gasteiger partial charge in [0, 0.05) is 6.20 Å². The molecule has 1 aromatic heterocycles. The Kier molecular flexibility index (Phi) is 3.15. The number of ether oxygens (including phenoxy) is 1. The van der Waals surface area contributed by atoms with E-state index in [1.165, 1.54) is 10.8 Å². The number of carboxylic acid groups (broad SMARTS) is 1. The van der Waals surface area contributed by atoms with Crippen molar-refractivity contribution in [1.82, 2.24) is 4.57 Å². The van der Waals surface area contributed by atoms with Crippen molar-refractivity contribution in [2.24, 2.45) is 0 Å². The Labute approximate surface area is 156 Å². The number of hydrogen-bond acceptors (Lipinski definition) is 3. The fourth-order valence-electron chi connectivity index (χ4n) is 4.08. The summed E-state index contributed by atoms with van der Waals surface area (Å²) in [6.07, 6.45) is 4.84. The van der Waals surface area contributed by atoms with Crippen LogP contribution in [0.1, 0.15) is 23.3 Å². The van der Waals surface area contributed by atoms with Gasteiger partial charge in [-0.1, -0.05) is 24.3 Å². The number of rotatable bonds is 1. The summed E-state index contributed by atoms with van der Waals surface area (Å²) in [5, 5.41) is 11.0. The fourth-order valence-corrected chi connectivity index (χ4v) is 4.08. The van der Waals surface area contributed by atoms with Crippen molar-refractivity contribution < 1.29 is 23.4 Å². The van der Waals surface area contributed by atoms with Crippen LogP contribution in [0.25, 0.3) is 23.1 Å². The van der Waals surface area contributed by atoms with Crippen molar-refractivity contribution >= 4 is 29.0 Å². The van der Waals surface area contributed by atoms with Crippen LogP contribution < -0.4 is 20.6 Å². The van der Waals surface area contributed by atoms with E-state index < -0.39 is 46.0 Å². The van der Waals surface area contributed by atoms with Gasteiger partial charge in [-0.05, 0) is 35.6 Å². The van der Waals surface area contributed by atoms with Gasteiger partial charge in [0.05, 0.1) is 16.9 Å². The number of halogens is 2. The van der Waals surface area contributed by atoms with Gasteiger partial charge >= 0.3 is 5.97 Å². The van der Waals surface area contributed by atoms with Gasteiger partial charge in [-0.25, -0.2) is 9.18 Å². The first-order chi connectivity index (χ1) is 13.3. The lowest BCUT2D eigenvalue weighted by Crippen LogP contribution is -2.49. The lowest BCUT2D eigenvalue weighted by molar-refractivity contribution is 0.0691. The molecule has 2 unspecified atom stereocenters. The molecule has 0 saturated carbocycles. The van der Waals surface area contributed by atoms with Crippen molar-refractivity contribution in [3.05, 3.63) is 74.4 Å². The van der Waals surface area contributed by atoms with Gasteiger partial charge < -0.3 is 14.4 Å². The third kappa shape index (κ3) is 2.04. The van der Waals surface area contributed by atoms with Gasteiger partial charge in [-0.2, -0.15) is 4.39 Å². The standard InChI is InChI=1S/C21H13F2NO4/c1-21-8-11-5-3-2-4-10(11)6-15(21)24-9-13(20(26)27)18(25)12-7-14(22)16(23)19(28-21)17(12)24/h2-9,15H,1H3,(H,26,27). The summed E-state index contributed by atoms with van der Waals surface area (Å²) >= 11 is 0. The molecule has 0 radical (unpaired) electrons. The highest BCUT2D eigenvalue weighted by molar-refractivity contribution is 5.95. The molecule has 0 spiro atoms. The van der Waals surface area contributed by atoms with Gasteiger partial charge in [0.25, 0.3) is 0 Å². The molecular weight excluding hydrogens is 368 g/mol. The zero-order valence-electron chi connectivity index (χ0n) is 14.6. The summed E-state index contributed by atoms with van der Waals surface area (Å²) in [6, 6.07) is 7.65. The van der Waals surface area contributed by atoms with E-state index >= 15 is 0 Å². The molecule has 1 N–H and O–H groups in total. The van der Waals surface area contributed by atoms with Gasteiger partial charge in [0.15, 0.2) is 11.6 Å². The predicted octanol–water partition coefficient (Wildman–Crippen LogP) is 1.94. The number of benzene rings is 2. The lowest BCUT2D eigenvalue weighted by atomic mass is 9.87. The number of fused-ring (bicyclic) bond motifs is 3. The van der Waals surface area contributed by atoms with E-state index in [0.29, 0.717) is 0 Å². The Bertz CT molecular complexity index is 1390. The van der Waals surface area contributed by atoms with Crippen LogP contribution in [-0.4, -0.2) is 21.2 Å². The van der Waals surface area contributed by atoms with Crippen molar-refractivity contribution in [3.63, 3.8) is 0 Å². The molecule has 2 atom stereocenters. The molecule has 2 heterocycles. The van der Waals surface area contributed by atoms with Gasteiger partial charge in [-0.15, -0.1) is 0 Å². The predicted molar refractivity (Wildman–Crippen MR) is 97.8 cm³/mol. The number of hydrogen-bond donors (Lipinski definition) is 1. The molecule has 0 amide bonds. The molecule has 3 aromatic rings. The van der Waals surface area contributed by atoms with Crippen molar-refractivity contribution in [2.45, 2.75) is 18.6 Å². The molecular formula is C21H13F2NO4. The van der Waals surface area contributed by atoms with Crippen LogP contribution in [0.4, 0.5) is 8.78 Å². The third-order valence-electron chi connectivity index (χ3n) is 5.38. The first-order valence-electron chi connectivity index (χ1n) is 8.59. The monoisotopic (exact) mass is 381 g/mol. The van der Waals surface area contributed by atoms with E-state index in [0.717, 1.165) is 16.5 Å². The summed E-state index contributed by atoms with van der Waals surface area (Å²) in [5.41, 5.74) is -2.46. The van der Waals surface area contributed by atoms with Gasteiger partial charge in [0.1, 0.15) is 11.2 Å². The number of aromatic carboxylic acids is 1. The number of carbonyl (C=O) groups is 1. The van der Waals surface area contributed by atoms with E-state index in [1.54, 1.807) is 13.0 Å². The summed E-state index contributed by atoms with van der Waals surface area (Å²) in [5.74, 6) is -4.31. The summed E-state index contributed by atoms with van der Waals surface area (Å²) in [6.45, 7) is 1.71. The second kappa shape index (κ2) is 5.28. The minimum atomic E-state index is -1.43. The summed E-state index contributed by atoms with van der Waals surface area (Å²) in [4.78, 5) is 24.2. The molecule has 0 fully saturated rings. The van der Waals surface area contributed by atoms with Crippen LogP contribution in [0, 0.1) is 11.6 Å². The molecule has 5 rings (SSSR count). The maximum atomic E-state index is 14.6. The van der Waals surface area contributed by atoms with Crippen LogP contribution in [0.15, 0.2) is 41.3 Å². The molecule has 0 saturated heterocycles. The normalized spacial score (nSPS) is 21.8. The van der Waals surface area contributed by atoms with E-state index in [2.05, 4.69) is 0 Å². The van der Waals surface area contributed by atoms with Crippen LogP contribution in [-0.2, 0) is 0 Å². The van der Waals surface area contributed by atoms with Crippen LogP contribution in [0.3, 0.4) is 0 Å². The van der Waals surface area contributed by atoms with Crippen molar-refractivity contribution in [1.29, 1.82) is 0 Å². The minimum Gasteiger partial charge on any atom is -0.477 e. The van der Waals surface area contributed by atoms with E-state index in [-0.39, 0.29) is 10.9 Å². The molecule has 2 aromatic carbocycles. The Morgan fingerprint density at radius 2 is 1.96 bits per heavy atom. The minimum absolute atomic E-state index is 0.0420. The number of pyridine rings is 1. The fraction of sp³-hybridized carbons (Fsp3) is 0.143. The highest BCUT2D eigenvalue weighted by atomic mass is 19.2. The molecule has 7 heteroatoms. The van der Waals surface area contributed by atoms with Crippen LogP contribution >= 0.6 is 0 Å². The smallest absolute Gasteiger partial charge is 0.341 e. The average Bonchev–Trinajstić information content (AvgIpc) is 2.65. The molecule has 2 aliphatic rings. The zero-order chi connectivity index (χ0) is 19.8. The summed E-state index contributed by atoms with van der Waals surface area (Å²) in [7, 11) is 0. The average molecular weight is 381 g/mol. The number of carboxylic acids is 1. The molecule has 5 nitrogen and oxygen atoms in total. The van der Waals surface area contributed by atoms with E-state index in [4.69, 9.17) is 4.74 Å². The largest absolute Gasteiger partial charge is 0.477 e. The first-order valence-corrected chi connectivity index (χ1v) is 8.59. The topological polar surface area (TPSA) is 68.5 Å². The lowest BCUT2D eigenvalue weighted by Gasteiger charge is -2.42. The first kappa shape index (κ1) is 16.7. The second-order valence-corrected chi connectivity index (χ2v) is 7.15. The molecule has 1 aliphatic carbocycles. The summed E-state index contributed by atoms with van der Waals surface area (Å²) < 4.78 is 36.2. The highest BCUT2D eigenvalue weighted by Gasteiger charge is 2.43. The van der Waals surface area contributed by atoms with Crippen molar-refractivity contribution in [3.8, 4) is 5.75 Å². The highest BCUT2D eigenvalue weighted by Crippen LogP contribution is 2.44. The van der Waals surface area contributed by atoms with Gasteiger partial charge in [0.2, 0.25) is 11.2 Å². The second-order valence-electron chi connectivity index (χ2n) is 7.15. The molecule has 28 heavy (non-hydrogen) atoms. The Balaban J connectivity index is 1.98. The quantitative estimate of drug-likeness (QED) is 0.700. The van der Waals surface area contributed by atoms with Crippen molar-refractivity contribution in [2.75, 3.05) is 0 Å². The Hall–Kier alpha value is -3.48. The SMILES string of the molecule is CC12C=c3ccccc3=CC1n1cc(C(=O)O)c(=O)c3cc(F)c(F)c(c31)O2. The van der Waals surface area contributed by atoms with Crippen LogP contribution in [0.5, 0.6) is 5.75 Å².